The molecule has 0 saturated heterocycles. The van der Waals surface area contributed by atoms with Crippen molar-refractivity contribution in [2.45, 2.75) is 19.4 Å². The second-order valence-corrected chi connectivity index (χ2v) is 6.47. The van der Waals surface area contributed by atoms with E-state index >= 15 is 0 Å². The topological polar surface area (TPSA) is 105 Å². The Morgan fingerprint density at radius 3 is 2.50 bits per heavy atom. The van der Waals surface area contributed by atoms with Crippen LogP contribution >= 0.6 is 0 Å². The molecule has 0 fully saturated rings. The number of benzene rings is 2. The van der Waals surface area contributed by atoms with E-state index in [0.717, 1.165) is 10.9 Å². The summed E-state index contributed by atoms with van der Waals surface area (Å²) in [5.41, 5.74) is 1.39. The van der Waals surface area contributed by atoms with E-state index < -0.39 is 12.1 Å². The molecule has 0 aliphatic carbocycles. The molecule has 0 radical (unpaired) electrons. The normalized spacial score (nSPS) is 12.2. The van der Waals surface area contributed by atoms with Crippen LogP contribution in [-0.2, 0) is 16.0 Å². The fourth-order valence-electron chi connectivity index (χ4n) is 3.23. The second-order valence-electron chi connectivity index (χ2n) is 6.47. The molecule has 0 amide bonds. The van der Waals surface area contributed by atoms with Gasteiger partial charge in [-0.2, -0.15) is 5.10 Å². The Hall–Kier alpha value is -3.74. The fourth-order valence-corrected chi connectivity index (χ4v) is 3.23. The molecule has 2 aromatic carbocycles. The third-order valence-electron chi connectivity index (χ3n) is 4.62. The summed E-state index contributed by atoms with van der Waals surface area (Å²) in [6, 6.07) is 14.3. The van der Waals surface area contributed by atoms with Gasteiger partial charge in [0, 0.05) is 28.0 Å². The van der Waals surface area contributed by atoms with Gasteiger partial charge in [0.05, 0.1) is 17.5 Å². The van der Waals surface area contributed by atoms with E-state index in [2.05, 4.69) is 15.2 Å². The van der Waals surface area contributed by atoms with Crippen molar-refractivity contribution in [3.63, 3.8) is 0 Å². The Kier molecular flexibility index (Phi) is 4.49. The van der Waals surface area contributed by atoms with Crippen molar-refractivity contribution in [1.29, 1.82) is 0 Å². The first-order valence-corrected chi connectivity index (χ1v) is 8.80. The molecule has 2 N–H and O–H groups in total. The molecule has 0 saturated carbocycles. The Bertz CT molecular complexity index is 1260. The second kappa shape index (κ2) is 7.11. The average molecular weight is 375 g/mol. The predicted octanol–water partition coefficient (Wildman–Crippen LogP) is 2.76. The van der Waals surface area contributed by atoms with E-state index in [0.29, 0.717) is 22.0 Å². The number of Topliss-reactive ketones (excluding diaryl/α,β-unsaturated/α-hetero) is 1. The van der Waals surface area contributed by atoms with E-state index in [1.54, 1.807) is 37.4 Å². The number of hydrogen-bond acceptors (Lipinski definition) is 5. The van der Waals surface area contributed by atoms with Crippen LogP contribution in [0.25, 0.3) is 21.7 Å². The van der Waals surface area contributed by atoms with Crippen LogP contribution in [0, 0.1) is 0 Å². The highest BCUT2D eigenvalue weighted by molar-refractivity contribution is 6.10. The van der Waals surface area contributed by atoms with Gasteiger partial charge in [0.1, 0.15) is 0 Å². The number of carbonyl (C=O) groups excluding carboxylic acids is 2. The van der Waals surface area contributed by atoms with Gasteiger partial charge in [0.25, 0.3) is 5.56 Å². The molecule has 28 heavy (non-hydrogen) atoms. The lowest BCUT2D eigenvalue weighted by molar-refractivity contribution is -0.145. The molecule has 0 unspecified atom stereocenters. The minimum Gasteiger partial charge on any atom is -0.454 e. The number of nitrogens with zero attached hydrogens (tertiary/aromatic N) is 1. The molecule has 2 aromatic heterocycles. The van der Waals surface area contributed by atoms with Gasteiger partial charge in [-0.15, -0.1) is 0 Å². The number of hydrogen-bond donors (Lipinski definition) is 2. The Morgan fingerprint density at radius 1 is 1.04 bits per heavy atom. The van der Waals surface area contributed by atoms with Gasteiger partial charge in [-0.1, -0.05) is 36.4 Å². The van der Waals surface area contributed by atoms with Crippen LogP contribution in [0.2, 0.25) is 0 Å². The van der Waals surface area contributed by atoms with Gasteiger partial charge >= 0.3 is 5.97 Å². The Balaban J connectivity index is 1.52. The summed E-state index contributed by atoms with van der Waals surface area (Å²) in [6.45, 7) is 1.54. The first kappa shape index (κ1) is 17.7. The number of fused-ring (bicyclic) bond motifs is 2. The molecule has 0 bridgehead atoms. The van der Waals surface area contributed by atoms with Gasteiger partial charge in [0.2, 0.25) is 5.78 Å². The number of para-hydroxylation sites is 1. The van der Waals surface area contributed by atoms with Gasteiger partial charge in [0.15, 0.2) is 6.10 Å². The molecule has 7 heteroatoms. The van der Waals surface area contributed by atoms with Crippen LogP contribution in [0.1, 0.15) is 23.0 Å². The third-order valence-corrected chi connectivity index (χ3v) is 4.62. The zero-order valence-corrected chi connectivity index (χ0v) is 15.1. The van der Waals surface area contributed by atoms with Crippen LogP contribution < -0.4 is 5.56 Å². The molecule has 7 nitrogen and oxygen atoms in total. The summed E-state index contributed by atoms with van der Waals surface area (Å²) in [5, 5.41) is 8.15. The highest BCUT2D eigenvalue weighted by atomic mass is 16.5. The van der Waals surface area contributed by atoms with Crippen molar-refractivity contribution in [1.82, 2.24) is 15.2 Å². The molecule has 1 atom stereocenters. The van der Waals surface area contributed by atoms with E-state index in [-0.39, 0.29) is 17.8 Å². The minimum atomic E-state index is -0.944. The van der Waals surface area contributed by atoms with Gasteiger partial charge in [-0.3, -0.25) is 14.4 Å². The summed E-state index contributed by atoms with van der Waals surface area (Å²) < 4.78 is 5.33. The lowest BCUT2D eigenvalue weighted by Gasteiger charge is -2.12. The largest absolute Gasteiger partial charge is 0.454 e. The zero-order chi connectivity index (χ0) is 19.7. The number of esters is 1. The molecular weight excluding hydrogens is 358 g/mol. The van der Waals surface area contributed by atoms with Crippen molar-refractivity contribution < 1.29 is 14.3 Å². The van der Waals surface area contributed by atoms with Crippen LogP contribution in [0.15, 0.2) is 59.5 Å². The molecule has 0 aliphatic rings. The fraction of sp³-hybridized carbons (Fsp3) is 0.143. The van der Waals surface area contributed by atoms with E-state index in [1.807, 2.05) is 24.3 Å². The van der Waals surface area contributed by atoms with E-state index in [9.17, 15) is 14.4 Å². The third kappa shape index (κ3) is 3.18. The monoisotopic (exact) mass is 375 g/mol. The predicted molar refractivity (Wildman–Crippen MR) is 104 cm³/mol. The van der Waals surface area contributed by atoms with Crippen LogP contribution in [0.3, 0.4) is 0 Å². The molecule has 2 heterocycles. The Labute approximate surface area is 159 Å². The maximum atomic E-state index is 12.7. The first-order valence-electron chi connectivity index (χ1n) is 8.80. The first-order chi connectivity index (χ1) is 13.5. The number of H-pyrrole nitrogens is 2. The van der Waals surface area contributed by atoms with Crippen molar-refractivity contribution in [3.05, 3.63) is 76.3 Å². The molecule has 4 aromatic rings. The van der Waals surface area contributed by atoms with Gasteiger partial charge in [-0.25, -0.2) is 5.10 Å². The lowest BCUT2D eigenvalue weighted by Crippen LogP contribution is -2.25. The number of aromatic nitrogens is 3. The lowest BCUT2D eigenvalue weighted by atomic mass is 10.1. The van der Waals surface area contributed by atoms with Crippen LogP contribution in [-0.4, -0.2) is 33.0 Å². The highest BCUT2D eigenvalue weighted by Crippen LogP contribution is 2.20. The highest BCUT2D eigenvalue weighted by Gasteiger charge is 2.23. The molecule has 140 valence electrons. The smallest absolute Gasteiger partial charge is 0.312 e. The molecule has 0 spiro atoms. The standard InChI is InChI=1S/C21H17N3O4/c1-12(20(26)16-11-22-17-9-5-4-7-14(16)17)28-19(25)10-18-13-6-2-3-8-15(13)21(27)24-23-18/h2-9,11-12,22H,10H2,1H3,(H,24,27)/t12-/m1/s1. The summed E-state index contributed by atoms with van der Waals surface area (Å²) >= 11 is 0. The summed E-state index contributed by atoms with van der Waals surface area (Å²) in [5.74, 6) is -0.879. The van der Waals surface area contributed by atoms with Crippen molar-refractivity contribution in [3.8, 4) is 0 Å². The van der Waals surface area contributed by atoms with Crippen molar-refractivity contribution in [2.75, 3.05) is 0 Å². The number of ketones is 1. The maximum absolute atomic E-state index is 12.7. The number of aromatic amines is 2. The SMILES string of the molecule is C[C@@H](OC(=O)Cc1n[nH]c(=O)c2ccccc12)C(=O)c1c[nH]c2ccccc12. The average Bonchev–Trinajstić information content (AvgIpc) is 3.14. The number of nitrogens with one attached hydrogen (secondary N) is 2. The van der Waals surface area contributed by atoms with E-state index in [1.165, 1.54) is 0 Å². The Morgan fingerprint density at radius 2 is 1.71 bits per heavy atom. The quantitative estimate of drug-likeness (QED) is 0.412. The zero-order valence-electron chi connectivity index (χ0n) is 15.1. The summed E-state index contributed by atoms with van der Waals surface area (Å²) in [6.07, 6.45) is 0.526. The van der Waals surface area contributed by atoms with Crippen molar-refractivity contribution >= 4 is 33.4 Å². The van der Waals surface area contributed by atoms with Crippen LogP contribution in [0.5, 0.6) is 0 Å². The molecular formula is C21H17N3O4. The van der Waals surface area contributed by atoms with E-state index in [4.69, 9.17) is 4.74 Å². The van der Waals surface area contributed by atoms with Crippen LogP contribution in [0.4, 0.5) is 0 Å². The number of ether oxygens (including phenoxy) is 1. The molecule has 4 rings (SSSR count). The van der Waals surface area contributed by atoms with Crippen molar-refractivity contribution in [2.24, 2.45) is 0 Å². The van der Waals surface area contributed by atoms with Gasteiger partial charge in [-0.05, 0) is 19.1 Å². The maximum Gasteiger partial charge on any atom is 0.312 e. The van der Waals surface area contributed by atoms with Gasteiger partial charge < -0.3 is 9.72 Å². The number of rotatable bonds is 5. The summed E-state index contributed by atoms with van der Waals surface area (Å²) in [7, 11) is 0. The minimum absolute atomic E-state index is 0.150. The number of carbonyl (C=O) groups is 2. The molecule has 0 aliphatic heterocycles. The summed E-state index contributed by atoms with van der Waals surface area (Å²) in [4.78, 5) is 40.0.